The predicted octanol–water partition coefficient (Wildman–Crippen LogP) is 0.458. The normalized spacial score (nSPS) is 30.4. The smallest absolute Gasteiger partial charge is 0.246 e. The predicted molar refractivity (Wildman–Crippen MR) is 114 cm³/mol. The zero-order valence-corrected chi connectivity index (χ0v) is 17.9. The van der Waals surface area contributed by atoms with E-state index in [9.17, 15) is 14.4 Å². The molecule has 3 amide bonds. The third-order valence-electron chi connectivity index (χ3n) is 7.15. The number of nitrogens with zero attached hydrogens (tertiary/aromatic N) is 5. The highest BCUT2D eigenvalue weighted by molar-refractivity contribution is 5.91. The number of piperidine rings is 3. The van der Waals surface area contributed by atoms with Gasteiger partial charge >= 0.3 is 0 Å². The quantitative estimate of drug-likeness (QED) is 0.707. The molecule has 1 aromatic rings. The van der Waals surface area contributed by atoms with Crippen molar-refractivity contribution in [2.24, 2.45) is 18.9 Å². The molecule has 0 aliphatic carbocycles. The Morgan fingerprint density at radius 1 is 1.19 bits per heavy atom. The first kappa shape index (κ1) is 20.2. The summed E-state index contributed by atoms with van der Waals surface area (Å²) in [6.07, 6.45) is 9.12. The van der Waals surface area contributed by atoms with Crippen molar-refractivity contribution in [2.75, 3.05) is 38.0 Å². The van der Waals surface area contributed by atoms with Crippen LogP contribution < -0.4 is 5.32 Å². The van der Waals surface area contributed by atoms with Crippen molar-refractivity contribution in [2.45, 2.75) is 37.8 Å². The first-order chi connectivity index (χ1) is 15.0. The molecule has 9 heteroatoms. The standard InChI is InChI=1S/C22H30N6O3/c1-25-10-7-18(24-25)23-19(29)14-26-12-15-11-16(13-26)21(22(31)27-8-2-3-9-27)28-17(15)5-4-6-20(28)30/h2-3,7,10,15-17,21H,4-6,8-9,11-14H2,1H3,(H,23,24,29)/t15-,16+,17-,21+/m0/s1. The van der Waals surface area contributed by atoms with Crippen LogP contribution >= 0.6 is 0 Å². The Bertz CT molecular complexity index is 903. The largest absolute Gasteiger partial charge is 0.333 e. The van der Waals surface area contributed by atoms with Crippen LogP contribution in [0.25, 0.3) is 0 Å². The van der Waals surface area contributed by atoms with Crippen LogP contribution in [-0.2, 0) is 21.4 Å². The van der Waals surface area contributed by atoms with Crippen LogP contribution in [-0.4, -0.2) is 87.0 Å². The summed E-state index contributed by atoms with van der Waals surface area (Å²) in [5.74, 6) is 1.01. The van der Waals surface area contributed by atoms with Crippen molar-refractivity contribution in [3.05, 3.63) is 24.4 Å². The minimum absolute atomic E-state index is 0.0628. The number of anilines is 1. The van der Waals surface area contributed by atoms with Gasteiger partial charge in [-0.1, -0.05) is 12.2 Å². The molecule has 2 bridgehead atoms. The lowest BCUT2D eigenvalue weighted by Crippen LogP contribution is -2.68. The van der Waals surface area contributed by atoms with Gasteiger partial charge in [0.2, 0.25) is 17.7 Å². The van der Waals surface area contributed by atoms with E-state index in [1.54, 1.807) is 16.9 Å². The second kappa shape index (κ2) is 8.11. The molecule has 5 heterocycles. The van der Waals surface area contributed by atoms with Gasteiger partial charge in [0.1, 0.15) is 6.04 Å². The van der Waals surface area contributed by atoms with Crippen molar-refractivity contribution in [1.29, 1.82) is 0 Å². The molecule has 5 rings (SSSR count). The molecule has 3 fully saturated rings. The molecular formula is C22H30N6O3. The third kappa shape index (κ3) is 3.86. The number of aromatic nitrogens is 2. The number of nitrogens with one attached hydrogen (secondary N) is 1. The first-order valence-electron chi connectivity index (χ1n) is 11.3. The monoisotopic (exact) mass is 426 g/mol. The fraction of sp³-hybridized carbons (Fsp3) is 0.636. The Balaban J connectivity index is 1.33. The van der Waals surface area contributed by atoms with Crippen molar-refractivity contribution in [1.82, 2.24) is 24.5 Å². The summed E-state index contributed by atoms with van der Waals surface area (Å²) in [7, 11) is 1.81. The number of hydrogen-bond donors (Lipinski definition) is 1. The van der Waals surface area contributed by atoms with E-state index in [4.69, 9.17) is 0 Å². The molecule has 9 nitrogen and oxygen atoms in total. The minimum atomic E-state index is -0.407. The molecule has 4 aliphatic rings. The number of likely N-dealkylation sites (tertiary alicyclic amines) is 1. The molecule has 0 saturated carbocycles. The second-order valence-electron chi connectivity index (χ2n) is 9.29. The molecule has 166 valence electrons. The average molecular weight is 427 g/mol. The highest BCUT2D eigenvalue weighted by Gasteiger charge is 2.52. The Morgan fingerprint density at radius 2 is 1.97 bits per heavy atom. The highest BCUT2D eigenvalue weighted by atomic mass is 16.2. The summed E-state index contributed by atoms with van der Waals surface area (Å²) in [5.41, 5.74) is 0. The Labute approximate surface area is 182 Å². The van der Waals surface area contributed by atoms with Gasteiger partial charge in [-0.05, 0) is 25.2 Å². The number of amides is 3. The Kier molecular flexibility index (Phi) is 5.29. The minimum Gasteiger partial charge on any atom is -0.333 e. The van der Waals surface area contributed by atoms with Crippen molar-refractivity contribution >= 4 is 23.5 Å². The fourth-order valence-electron chi connectivity index (χ4n) is 5.91. The zero-order chi connectivity index (χ0) is 21.5. The lowest BCUT2D eigenvalue weighted by molar-refractivity contribution is -0.164. The van der Waals surface area contributed by atoms with Crippen LogP contribution in [0.5, 0.6) is 0 Å². The number of hydrogen-bond acceptors (Lipinski definition) is 5. The number of carbonyl (C=O) groups is 3. The van der Waals surface area contributed by atoms with E-state index in [0.717, 1.165) is 25.8 Å². The van der Waals surface area contributed by atoms with Gasteiger partial charge < -0.3 is 15.1 Å². The first-order valence-corrected chi connectivity index (χ1v) is 11.3. The number of fused-ring (bicyclic) bond motifs is 4. The summed E-state index contributed by atoms with van der Waals surface area (Å²) >= 11 is 0. The van der Waals surface area contributed by atoms with Gasteiger partial charge in [0.15, 0.2) is 5.82 Å². The lowest BCUT2D eigenvalue weighted by Gasteiger charge is -2.56. The van der Waals surface area contributed by atoms with Crippen LogP contribution in [0.4, 0.5) is 5.82 Å². The lowest BCUT2D eigenvalue weighted by atomic mass is 9.71. The van der Waals surface area contributed by atoms with Crippen molar-refractivity contribution in [3.63, 3.8) is 0 Å². The van der Waals surface area contributed by atoms with E-state index in [2.05, 4.69) is 15.3 Å². The molecular weight excluding hydrogens is 396 g/mol. The Hall–Kier alpha value is -2.68. The second-order valence-corrected chi connectivity index (χ2v) is 9.29. The van der Waals surface area contributed by atoms with E-state index in [-0.39, 0.29) is 36.2 Å². The zero-order valence-electron chi connectivity index (χ0n) is 17.9. The van der Waals surface area contributed by atoms with E-state index in [1.165, 1.54) is 0 Å². The van der Waals surface area contributed by atoms with E-state index in [1.807, 2.05) is 29.0 Å². The topological polar surface area (TPSA) is 90.8 Å². The highest BCUT2D eigenvalue weighted by Crippen LogP contribution is 2.42. The molecule has 0 radical (unpaired) electrons. The number of rotatable bonds is 4. The van der Waals surface area contributed by atoms with E-state index >= 15 is 0 Å². The SMILES string of the molecule is Cn1ccc(NC(=O)CN2C[C@@H]3C[C@H](C2)[C@H](C(=O)N2CC=CC2)N2C(=O)CCC[C@@H]32)n1. The van der Waals surface area contributed by atoms with Gasteiger partial charge in [0.25, 0.3) is 0 Å². The third-order valence-corrected chi connectivity index (χ3v) is 7.15. The number of aryl methyl sites for hydroxylation is 1. The fourth-order valence-corrected chi connectivity index (χ4v) is 5.91. The summed E-state index contributed by atoms with van der Waals surface area (Å²) in [4.78, 5) is 44.9. The van der Waals surface area contributed by atoms with Gasteiger partial charge in [-0.25, -0.2) is 0 Å². The summed E-state index contributed by atoms with van der Waals surface area (Å²) < 4.78 is 1.65. The van der Waals surface area contributed by atoms with Gasteiger partial charge in [0, 0.05) is 63.9 Å². The molecule has 4 atom stereocenters. The van der Waals surface area contributed by atoms with Crippen molar-refractivity contribution in [3.8, 4) is 0 Å². The van der Waals surface area contributed by atoms with E-state index < -0.39 is 6.04 Å². The summed E-state index contributed by atoms with van der Waals surface area (Å²) in [6, 6.07) is 1.46. The van der Waals surface area contributed by atoms with Crippen LogP contribution in [0.1, 0.15) is 25.7 Å². The van der Waals surface area contributed by atoms with Crippen LogP contribution in [0.3, 0.4) is 0 Å². The molecule has 31 heavy (non-hydrogen) atoms. The van der Waals surface area contributed by atoms with Crippen LogP contribution in [0.15, 0.2) is 24.4 Å². The van der Waals surface area contributed by atoms with Crippen LogP contribution in [0.2, 0.25) is 0 Å². The average Bonchev–Trinajstić information content (AvgIpc) is 3.40. The Morgan fingerprint density at radius 3 is 2.71 bits per heavy atom. The van der Waals surface area contributed by atoms with Gasteiger partial charge in [-0.2, -0.15) is 5.10 Å². The molecule has 0 aromatic carbocycles. The van der Waals surface area contributed by atoms with Gasteiger partial charge in [-0.3, -0.25) is 24.0 Å². The molecule has 1 aromatic heterocycles. The maximum Gasteiger partial charge on any atom is 0.246 e. The van der Waals surface area contributed by atoms with E-state index in [0.29, 0.717) is 37.8 Å². The maximum atomic E-state index is 13.5. The van der Waals surface area contributed by atoms with Crippen molar-refractivity contribution < 1.29 is 14.4 Å². The van der Waals surface area contributed by atoms with Crippen LogP contribution in [0, 0.1) is 11.8 Å². The summed E-state index contributed by atoms with van der Waals surface area (Å²) in [6.45, 7) is 2.95. The van der Waals surface area contributed by atoms with Gasteiger partial charge in [0.05, 0.1) is 6.54 Å². The molecule has 0 unspecified atom stereocenters. The molecule has 4 aliphatic heterocycles. The van der Waals surface area contributed by atoms with Gasteiger partial charge in [-0.15, -0.1) is 0 Å². The molecule has 0 spiro atoms. The maximum absolute atomic E-state index is 13.5. The molecule has 1 N–H and O–H groups in total. The summed E-state index contributed by atoms with van der Waals surface area (Å²) in [5, 5.41) is 7.07. The molecule has 3 saturated heterocycles. The number of carbonyl (C=O) groups excluding carboxylic acids is 3.